The number of hydrogen-bond donors (Lipinski definition) is 1. The minimum atomic E-state index is 0.616. The predicted molar refractivity (Wildman–Crippen MR) is 102 cm³/mol. The first kappa shape index (κ1) is 15.1. The molecule has 0 amide bonds. The molecular formula is C21H18N4. The van der Waals surface area contributed by atoms with Crippen molar-refractivity contribution in [3.05, 3.63) is 108 Å². The lowest BCUT2D eigenvalue weighted by Gasteiger charge is -2.17. The summed E-state index contributed by atoms with van der Waals surface area (Å²) in [5.74, 6) is 0. The van der Waals surface area contributed by atoms with Crippen molar-refractivity contribution in [1.29, 1.82) is 0 Å². The molecular weight excluding hydrogens is 308 g/mol. The Hall–Kier alpha value is -3.40. The number of hydrogen-bond acceptors (Lipinski definition) is 4. The fourth-order valence-corrected chi connectivity index (χ4v) is 2.76. The van der Waals surface area contributed by atoms with Crippen LogP contribution in [0, 0.1) is 0 Å². The first-order valence-corrected chi connectivity index (χ1v) is 8.21. The maximum absolute atomic E-state index is 4.59. The Bertz CT molecular complexity index is 876. The SMILES string of the molecule is C1=CC(=C2NN(c3ccccc3)C=C2C=NCc2cccnc2)C=C1. The summed E-state index contributed by atoms with van der Waals surface area (Å²) in [6.45, 7) is 0.616. The molecule has 0 radical (unpaired) electrons. The molecule has 2 heterocycles. The molecule has 1 aliphatic heterocycles. The Morgan fingerprint density at radius 3 is 2.64 bits per heavy atom. The van der Waals surface area contributed by atoms with Crippen molar-refractivity contribution in [1.82, 2.24) is 10.4 Å². The molecule has 4 nitrogen and oxygen atoms in total. The van der Waals surface area contributed by atoms with Gasteiger partial charge in [0.2, 0.25) is 0 Å². The highest BCUT2D eigenvalue weighted by Crippen LogP contribution is 2.26. The molecule has 25 heavy (non-hydrogen) atoms. The maximum Gasteiger partial charge on any atom is 0.0721 e. The van der Waals surface area contributed by atoms with Crippen molar-refractivity contribution in [3.8, 4) is 0 Å². The van der Waals surface area contributed by atoms with E-state index in [-0.39, 0.29) is 0 Å². The lowest BCUT2D eigenvalue weighted by molar-refractivity contribution is 0.877. The second kappa shape index (κ2) is 7.01. The molecule has 2 aliphatic rings. The van der Waals surface area contributed by atoms with Gasteiger partial charge in [0.05, 0.1) is 17.9 Å². The van der Waals surface area contributed by atoms with Crippen LogP contribution in [0.15, 0.2) is 107 Å². The van der Waals surface area contributed by atoms with E-state index in [9.17, 15) is 0 Å². The Labute approximate surface area is 147 Å². The first-order valence-electron chi connectivity index (χ1n) is 8.21. The van der Waals surface area contributed by atoms with Crippen LogP contribution in [0.2, 0.25) is 0 Å². The molecule has 4 rings (SSSR count). The summed E-state index contributed by atoms with van der Waals surface area (Å²) in [7, 11) is 0. The third-order valence-corrected chi connectivity index (χ3v) is 4.00. The zero-order valence-electron chi connectivity index (χ0n) is 13.7. The van der Waals surface area contributed by atoms with E-state index in [1.807, 2.05) is 59.9 Å². The quantitative estimate of drug-likeness (QED) is 0.865. The van der Waals surface area contributed by atoms with Gasteiger partial charge in [0.25, 0.3) is 0 Å². The van der Waals surface area contributed by atoms with Crippen molar-refractivity contribution in [3.63, 3.8) is 0 Å². The van der Waals surface area contributed by atoms with Gasteiger partial charge in [-0.3, -0.25) is 20.4 Å². The Kier molecular flexibility index (Phi) is 4.25. The van der Waals surface area contributed by atoms with E-state index in [2.05, 4.69) is 45.9 Å². The highest BCUT2D eigenvalue weighted by Gasteiger charge is 2.20. The fourth-order valence-electron chi connectivity index (χ4n) is 2.76. The van der Waals surface area contributed by atoms with Gasteiger partial charge >= 0.3 is 0 Å². The highest BCUT2D eigenvalue weighted by molar-refractivity contribution is 5.88. The van der Waals surface area contributed by atoms with Crippen molar-refractivity contribution < 1.29 is 0 Å². The standard InChI is InChI=1S/C21H18N4/c1-2-10-20(11-3-1)25-16-19(21(24-25)18-8-4-5-9-18)15-23-14-17-7-6-12-22-13-17/h1-13,15-16,24H,14H2. The van der Waals surface area contributed by atoms with Gasteiger partial charge in [0.1, 0.15) is 0 Å². The molecule has 0 saturated heterocycles. The van der Waals surface area contributed by atoms with E-state index in [1.165, 1.54) is 0 Å². The van der Waals surface area contributed by atoms with Gasteiger partial charge in [-0.1, -0.05) is 48.6 Å². The number of nitrogens with one attached hydrogen (secondary N) is 1. The molecule has 1 N–H and O–H groups in total. The largest absolute Gasteiger partial charge is 0.293 e. The van der Waals surface area contributed by atoms with Crippen molar-refractivity contribution >= 4 is 11.9 Å². The van der Waals surface area contributed by atoms with E-state index in [0.29, 0.717) is 6.54 Å². The number of benzene rings is 1. The topological polar surface area (TPSA) is 40.5 Å². The predicted octanol–water partition coefficient (Wildman–Crippen LogP) is 3.94. The second-order valence-corrected chi connectivity index (χ2v) is 5.78. The van der Waals surface area contributed by atoms with Crippen LogP contribution in [0.4, 0.5) is 5.69 Å². The van der Waals surface area contributed by atoms with Gasteiger partial charge in [-0.25, -0.2) is 0 Å². The van der Waals surface area contributed by atoms with E-state index in [1.54, 1.807) is 6.20 Å². The van der Waals surface area contributed by atoms with Crippen LogP contribution < -0.4 is 10.4 Å². The van der Waals surface area contributed by atoms with Gasteiger partial charge in [0, 0.05) is 36.0 Å². The Morgan fingerprint density at radius 1 is 1.04 bits per heavy atom. The van der Waals surface area contributed by atoms with Crippen molar-refractivity contribution in [2.75, 3.05) is 5.01 Å². The van der Waals surface area contributed by atoms with E-state index in [4.69, 9.17) is 0 Å². The molecule has 0 saturated carbocycles. The molecule has 2 aromatic rings. The van der Waals surface area contributed by atoms with Crippen LogP contribution in [-0.4, -0.2) is 11.2 Å². The molecule has 0 atom stereocenters. The molecule has 0 fully saturated rings. The normalized spacial score (nSPS) is 16.0. The third-order valence-electron chi connectivity index (χ3n) is 4.00. The van der Waals surface area contributed by atoms with Gasteiger partial charge in [0.15, 0.2) is 0 Å². The number of anilines is 1. The van der Waals surface area contributed by atoms with Gasteiger partial charge in [-0.05, 0) is 23.8 Å². The number of pyridine rings is 1. The van der Waals surface area contributed by atoms with E-state index < -0.39 is 0 Å². The average molecular weight is 326 g/mol. The number of hydrazine groups is 1. The summed E-state index contributed by atoms with van der Waals surface area (Å²) in [6.07, 6.45) is 15.9. The van der Waals surface area contributed by atoms with Crippen LogP contribution in [0.5, 0.6) is 0 Å². The number of aliphatic imine (C=N–C) groups is 1. The Balaban J connectivity index is 1.60. The number of aromatic nitrogens is 1. The van der Waals surface area contributed by atoms with Crippen LogP contribution in [0.25, 0.3) is 0 Å². The highest BCUT2D eigenvalue weighted by atomic mass is 15.5. The third kappa shape index (κ3) is 3.43. The van der Waals surface area contributed by atoms with Crippen molar-refractivity contribution in [2.45, 2.75) is 6.54 Å². The fraction of sp³-hybridized carbons (Fsp3) is 0.0476. The van der Waals surface area contributed by atoms with Crippen molar-refractivity contribution in [2.24, 2.45) is 4.99 Å². The summed E-state index contributed by atoms with van der Waals surface area (Å²) in [5.41, 5.74) is 8.91. The zero-order valence-corrected chi connectivity index (χ0v) is 13.7. The van der Waals surface area contributed by atoms with Gasteiger partial charge in [-0.15, -0.1) is 0 Å². The summed E-state index contributed by atoms with van der Waals surface area (Å²) in [6, 6.07) is 14.2. The number of allylic oxidation sites excluding steroid dienone is 6. The Morgan fingerprint density at radius 2 is 1.88 bits per heavy atom. The number of para-hydroxylation sites is 1. The van der Waals surface area contributed by atoms with Crippen LogP contribution in [-0.2, 0) is 6.54 Å². The van der Waals surface area contributed by atoms with Gasteiger partial charge in [-0.2, -0.15) is 0 Å². The van der Waals surface area contributed by atoms with Gasteiger partial charge < -0.3 is 0 Å². The average Bonchev–Trinajstić information content (AvgIpc) is 3.33. The van der Waals surface area contributed by atoms with Crippen LogP contribution >= 0.6 is 0 Å². The molecule has 0 bridgehead atoms. The summed E-state index contributed by atoms with van der Waals surface area (Å²) >= 11 is 0. The molecule has 122 valence electrons. The summed E-state index contributed by atoms with van der Waals surface area (Å²) < 4.78 is 0. The molecule has 1 aromatic carbocycles. The maximum atomic E-state index is 4.59. The van der Waals surface area contributed by atoms with E-state index >= 15 is 0 Å². The number of rotatable bonds is 4. The summed E-state index contributed by atoms with van der Waals surface area (Å²) in [5, 5.41) is 2.02. The minimum absolute atomic E-state index is 0.616. The molecule has 1 aromatic heterocycles. The van der Waals surface area contributed by atoms with Crippen LogP contribution in [0.1, 0.15) is 5.56 Å². The molecule has 4 heteroatoms. The molecule has 0 spiro atoms. The number of nitrogens with zero attached hydrogens (tertiary/aromatic N) is 3. The zero-order chi connectivity index (χ0) is 16.9. The first-order chi connectivity index (χ1) is 12.4. The second-order valence-electron chi connectivity index (χ2n) is 5.78. The molecule has 0 unspecified atom stereocenters. The van der Waals surface area contributed by atoms with Crippen LogP contribution in [0.3, 0.4) is 0 Å². The van der Waals surface area contributed by atoms with E-state index in [0.717, 1.165) is 28.1 Å². The smallest absolute Gasteiger partial charge is 0.0721 e. The monoisotopic (exact) mass is 326 g/mol. The minimum Gasteiger partial charge on any atom is -0.293 e. The lowest BCUT2D eigenvalue weighted by atomic mass is 10.1. The summed E-state index contributed by atoms with van der Waals surface area (Å²) in [4.78, 5) is 8.72. The lowest BCUT2D eigenvalue weighted by Crippen LogP contribution is -2.27. The molecule has 1 aliphatic carbocycles.